The van der Waals surface area contributed by atoms with Crippen LogP contribution in [0.15, 0.2) is 67.0 Å². The van der Waals surface area contributed by atoms with E-state index in [1.807, 2.05) is 72.1 Å². The van der Waals surface area contributed by atoms with Gasteiger partial charge in [0.15, 0.2) is 6.29 Å². The normalized spacial score (nSPS) is 18.7. The summed E-state index contributed by atoms with van der Waals surface area (Å²) in [6.45, 7) is 4.44. The molecule has 1 aliphatic rings. The number of ether oxygens (including phenoxy) is 3. The van der Waals surface area contributed by atoms with Gasteiger partial charge in [0.05, 0.1) is 5.69 Å². The van der Waals surface area contributed by atoms with Crippen LogP contribution in [0.4, 0.5) is 0 Å². The van der Waals surface area contributed by atoms with Gasteiger partial charge >= 0.3 is 68.9 Å². The standard InChI is InChI=1S/C21H21N2O3.Cs/c1-16-12-21(25-14-16)26-20-5-2-4-19(13-20)24-15-17-6-8-18(9-7-17)23-11-3-10-22-23;/h2-11,13-14,16,21H,12,15H2,1H3;/q-1;+1/t16-,21?;/m1./s1. The molecule has 0 amide bonds. The van der Waals surface area contributed by atoms with Crippen molar-refractivity contribution in [3.63, 3.8) is 0 Å². The number of benzene rings is 2. The van der Waals surface area contributed by atoms with E-state index in [0.29, 0.717) is 12.5 Å². The number of hydrogen-bond donors (Lipinski definition) is 0. The Hall–Kier alpha value is -0.738. The van der Waals surface area contributed by atoms with E-state index in [2.05, 4.69) is 12.0 Å². The van der Waals surface area contributed by atoms with Crippen LogP contribution in [0.1, 0.15) is 18.9 Å². The predicted molar refractivity (Wildman–Crippen MR) is 97.9 cm³/mol. The molecule has 0 saturated carbocycles. The Balaban J connectivity index is 0.00000210. The maximum atomic E-state index is 5.90. The molecule has 2 heterocycles. The molecule has 3 aromatic rings. The third-order valence-electron chi connectivity index (χ3n) is 4.21. The Labute approximate surface area is 218 Å². The van der Waals surface area contributed by atoms with E-state index in [1.54, 1.807) is 6.20 Å². The van der Waals surface area contributed by atoms with Crippen LogP contribution in [0.3, 0.4) is 0 Å². The summed E-state index contributed by atoms with van der Waals surface area (Å²) in [4.78, 5) is 0. The second-order valence-corrected chi connectivity index (χ2v) is 6.41. The Morgan fingerprint density at radius 3 is 2.67 bits per heavy atom. The van der Waals surface area contributed by atoms with Crippen molar-refractivity contribution in [2.75, 3.05) is 0 Å². The predicted octanol–water partition coefficient (Wildman–Crippen LogP) is 1.38. The minimum absolute atomic E-state index is 0. The van der Waals surface area contributed by atoms with Crippen LogP contribution in [-0.4, -0.2) is 16.1 Å². The van der Waals surface area contributed by atoms with Gasteiger partial charge in [-0.1, -0.05) is 25.1 Å². The molecule has 0 spiro atoms. The number of nitrogens with zero attached hydrogens (tertiary/aromatic N) is 2. The van der Waals surface area contributed by atoms with E-state index < -0.39 is 0 Å². The maximum absolute atomic E-state index is 5.90. The Morgan fingerprint density at radius 1 is 1.15 bits per heavy atom. The Kier molecular flexibility index (Phi) is 7.89. The first kappa shape index (κ1) is 21.0. The minimum Gasteiger partial charge on any atom is -0.520 e. The molecule has 27 heavy (non-hydrogen) atoms. The SMILES string of the molecule is C[C@H]1[CH-]OC(Oc2cccc(OCc3ccc(-n4cccn4)cc3)c2)C1.[Cs+]. The van der Waals surface area contributed by atoms with Gasteiger partial charge in [-0.15, -0.1) is 5.92 Å². The zero-order valence-corrected chi connectivity index (χ0v) is 21.9. The fourth-order valence-corrected chi connectivity index (χ4v) is 2.83. The summed E-state index contributed by atoms with van der Waals surface area (Å²) in [5.74, 6) is 1.95. The minimum atomic E-state index is -0.213. The average Bonchev–Trinajstić information content (AvgIpc) is 3.33. The fourth-order valence-electron chi connectivity index (χ4n) is 2.83. The summed E-state index contributed by atoms with van der Waals surface area (Å²) >= 11 is 0. The van der Waals surface area contributed by atoms with Gasteiger partial charge in [-0.05, 0) is 42.3 Å². The first-order valence-electron chi connectivity index (χ1n) is 8.73. The summed E-state index contributed by atoms with van der Waals surface area (Å²) in [6, 6.07) is 17.7. The molecular formula is C21H21CsN2O3. The van der Waals surface area contributed by atoms with E-state index >= 15 is 0 Å². The molecule has 1 unspecified atom stereocenters. The van der Waals surface area contributed by atoms with Crippen molar-refractivity contribution in [3.8, 4) is 17.2 Å². The van der Waals surface area contributed by atoms with Crippen LogP contribution in [0.5, 0.6) is 11.5 Å². The van der Waals surface area contributed by atoms with E-state index in [1.165, 1.54) is 0 Å². The van der Waals surface area contributed by atoms with Gasteiger partial charge in [0.25, 0.3) is 0 Å². The van der Waals surface area contributed by atoms with Crippen molar-refractivity contribution < 1.29 is 83.1 Å². The second kappa shape index (κ2) is 10.2. The molecule has 1 aromatic heterocycles. The van der Waals surface area contributed by atoms with E-state index in [4.69, 9.17) is 14.2 Å². The summed E-state index contributed by atoms with van der Waals surface area (Å²) < 4.78 is 19.1. The number of hydrogen-bond acceptors (Lipinski definition) is 4. The van der Waals surface area contributed by atoms with E-state index in [-0.39, 0.29) is 75.2 Å². The summed E-state index contributed by atoms with van der Waals surface area (Å²) in [6.07, 6.45) is 4.34. The van der Waals surface area contributed by atoms with Crippen LogP contribution in [0.2, 0.25) is 0 Å². The van der Waals surface area contributed by atoms with Gasteiger partial charge < -0.3 is 14.2 Å². The zero-order valence-electron chi connectivity index (χ0n) is 15.6. The average molecular weight is 482 g/mol. The van der Waals surface area contributed by atoms with Crippen LogP contribution < -0.4 is 78.4 Å². The molecule has 4 rings (SSSR count). The van der Waals surface area contributed by atoms with Crippen molar-refractivity contribution in [1.29, 1.82) is 0 Å². The molecule has 134 valence electrons. The molecule has 2 aromatic carbocycles. The molecule has 1 saturated heterocycles. The van der Waals surface area contributed by atoms with Crippen LogP contribution in [-0.2, 0) is 11.3 Å². The Bertz CT molecular complexity index is 837. The molecule has 0 bridgehead atoms. The van der Waals surface area contributed by atoms with Gasteiger partial charge in [0.2, 0.25) is 0 Å². The van der Waals surface area contributed by atoms with Gasteiger partial charge in [-0.3, -0.25) is 0 Å². The first-order chi connectivity index (χ1) is 12.8. The molecule has 1 fully saturated rings. The molecule has 0 aliphatic carbocycles. The van der Waals surface area contributed by atoms with E-state index in [9.17, 15) is 0 Å². The summed E-state index contributed by atoms with van der Waals surface area (Å²) in [5.41, 5.74) is 2.12. The van der Waals surface area contributed by atoms with Gasteiger partial charge in [0, 0.05) is 18.5 Å². The van der Waals surface area contributed by atoms with Crippen molar-refractivity contribution in [2.24, 2.45) is 5.92 Å². The molecule has 2 atom stereocenters. The number of aromatic nitrogens is 2. The molecule has 0 radical (unpaired) electrons. The zero-order chi connectivity index (χ0) is 17.8. The molecule has 1 aliphatic heterocycles. The van der Waals surface area contributed by atoms with Crippen molar-refractivity contribution in [2.45, 2.75) is 26.2 Å². The quantitative estimate of drug-likeness (QED) is 0.499. The largest absolute Gasteiger partial charge is 1.00 e. The topological polar surface area (TPSA) is 45.5 Å². The van der Waals surface area contributed by atoms with Crippen LogP contribution in [0.25, 0.3) is 5.69 Å². The van der Waals surface area contributed by atoms with Crippen LogP contribution >= 0.6 is 0 Å². The third-order valence-corrected chi connectivity index (χ3v) is 4.21. The van der Waals surface area contributed by atoms with Gasteiger partial charge in [-0.2, -0.15) is 5.10 Å². The maximum Gasteiger partial charge on any atom is 1.00 e. The third kappa shape index (κ3) is 5.87. The van der Waals surface area contributed by atoms with Crippen molar-refractivity contribution >= 4 is 0 Å². The Morgan fingerprint density at radius 2 is 1.96 bits per heavy atom. The van der Waals surface area contributed by atoms with Gasteiger partial charge in [0.1, 0.15) is 18.1 Å². The second-order valence-electron chi connectivity index (χ2n) is 6.41. The first-order valence-corrected chi connectivity index (χ1v) is 8.73. The fraction of sp³-hybridized carbons (Fsp3) is 0.238. The van der Waals surface area contributed by atoms with Crippen molar-refractivity contribution in [1.82, 2.24) is 9.78 Å². The molecule has 6 heteroatoms. The van der Waals surface area contributed by atoms with E-state index in [0.717, 1.165) is 29.2 Å². The molecule has 5 nitrogen and oxygen atoms in total. The van der Waals surface area contributed by atoms with Gasteiger partial charge in [-0.25, -0.2) is 11.3 Å². The number of rotatable bonds is 6. The molecule has 0 N–H and O–H groups in total. The van der Waals surface area contributed by atoms with Crippen LogP contribution in [0, 0.1) is 12.5 Å². The van der Waals surface area contributed by atoms with Crippen molar-refractivity contribution in [3.05, 3.63) is 79.2 Å². The smallest absolute Gasteiger partial charge is 0.520 e. The molecular weight excluding hydrogens is 461 g/mol. The summed E-state index contributed by atoms with van der Waals surface area (Å²) in [7, 11) is 0. The monoisotopic (exact) mass is 482 g/mol. The summed E-state index contributed by atoms with van der Waals surface area (Å²) in [5, 5.41) is 4.23.